The van der Waals surface area contributed by atoms with Gasteiger partial charge in [0.05, 0.1) is 26.2 Å². The molecule has 9 nitrogen and oxygen atoms in total. The molecule has 1 aliphatic rings. The molecular formula is C12H20N6O3. The van der Waals surface area contributed by atoms with Crippen LogP contribution in [0.2, 0.25) is 0 Å². The molecule has 116 valence electrons. The van der Waals surface area contributed by atoms with Gasteiger partial charge < -0.3 is 25.4 Å². The summed E-state index contributed by atoms with van der Waals surface area (Å²) in [5.41, 5.74) is 5.69. The summed E-state index contributed by atoms with van der Waals surface area (Å²) in [6.45, 7) is 5.22. The Bertz CT molecular complexity index is 478. The van der Waals surface area contributed by atoms with E-state index in [1.165, 1.54) is 0 Å². The largest absolute Gasteiger partial charge is 0.466 e. The predicted octanol–water partition coefficient (Wildman–Crippen LogP) is -0.344. The number of nitrogens with one attached hydrogen (secondary N) is 1. The van der Waals surface area contributed by atoms with Gasteiger partial charge in [0.1, 0.15) is 0 Å². The minimum Gasteiger partial charge on any atom is -0.466 e. The van der Waals surface area contributed by atoms with Gasteiger partial charge in [-0.25, -0.2) is 0 Å². The number of anilines is 3. The van der Waals surface area contributed by atoms with Crippen molar-refractivity contribution in [3.05, 3.63) is 0 Å². The molecule has 0 atom stereocenters. The van der Waals surface area contributed by atoms with Crippen molar-refractivity contribution >= 4 is 23.8 Å². The average Bonchev–Trinajstić information content (AvgIpc) is 2.48. The first-order valence-electron chi connectivity index (χ1n) is 6.92. The van der Waals surface area contributed by atoms with Crippen LogP contribution in [-0.4, -0.2) is 60.4 Å². The molecule has 0 saturated carbocycles. The second-order valence-electron chi connectivity index (χ2n) is 4.40. The smallest absolute Gasteiger partial charge is 0.307 e. The predicted molar refractivity (Wildman–Crippen MR) is 77.0 cm³/mol. The van der Waals surface area contributed by atoms with Crippen molar-refractivity contribution in [3.8, 4) is 0 Å². The number of hydrogen-bond acceptors (Lipinski definition) is 9. The Balaban J connectivity index is 1.93. The van der Waals surface area contributed by atoms with E-state index in [9.17, 15) is 4.79 Å². The van der Waals surface area contributed by atoms with Crippen LogP contribution in [0.25, 0.3) is 0 Å². The van der Waals surface area contributed by atoms with E-state index in [2.05, 4.69) is 20.3 Å². The standard InChI is InChI=1S/C12H20N6O3/c1-2-21-9(19)3-4-14-11-15-10(13)16-12(17-11)18-5-7-20-8-6-18/h2-8H2,1H3,(H3,13,14,15,16,17). The first-order chi connectivity index (χ1) is 10.2. The van der Waals surface area contributed by atoms with Crippen LogP contribution in [0.5, 0.6) is 0 Å². The van der Waals surface area contributed by atoms with E-state index in [0.717, 1.165) is 0 Å². The number of carbonyl (C=O) groups is 1. The fraction of sp³-hybridized carbons (Fsp3) is 0.667. The van der Waals surface area contributed by atoms with Gasteiger partial charge in [0.2, 0.25) is 17.8 Å². The molecule has 0 bridgehead atoms. The van der Waals surface area contributed by atoms with Gasteiger partial charge in [-0.1, -0.05) is 0 Å². The van der Waals surface area contributed by atoms with Crippen molar-refractivity contribution in [3.63, 3.8) is 0 Å². The third-order valence-corrected chi connectivity index (χ3v) is 2.85. The minimum atomic E-state index is -0.263. The van der Waals surface area contributed by atoms with Crippen molar-refractivity contribution in [1.82, 2.24) is 15.0 Å². The van der Waals surface area contributed by atoms with E-state index in [1.807, 2.05) is 4.90 Å². The highest BCUT2D eigenvalue weighted by Gasteiger charge is 2.15. The van der Waals surface area contributed by atoms with Crippen LogP contribution < -0.4 is 16.0 Å². The summed E-state index contributed by atoms with van der Waals surface area (Å²) < 4.78 is 10.1. The van der Waals surface area contributed by atoms with Crippen molar-refractivity contribution < 1.29 is 14.3 Å². The SMILES string of the molecule is CCOC(=O)CCNc1nc(N)nc(N2CCOCC2)n1. The zero-order chi connectivity index (χ0) is 15.1. The number of nitrogens with two attached hydrogens (primary N) is 1. The molecule has 21 heavy (non-hydrogen) atoms. The third-order valence-electron chi connectivity index (χ3n) is 2.85. The Morgan fingerprint density at radius 3 is 2.86 bits per heavy atom. The summed E-state index contributed by atoms with van der Waals surface area (Å²) in [5.74, 6) is 0.753. The lowest BCUT2D eigenvalue weighted by molar-refractivity contribution is -0.142. The second kappa shape index (κ2) is 7.58. The van der Waals surface area contributed by atoms with Gasteiger partial charge in [0, 0.05) is 19.6 Å². The summed E-state index contributed by atoms with van der Waals surface area (Å²) in [6.07, 6.45) is 0.242. The molecule has 1 saturated heterocycles. The summed E-state index contributed by atoms with van der Waals surface area (Å²) in [6, 6.07) is 0. The molecule has 3 N–H and O–H groups in total. The van der Waals surface area contributed by atoms with Crippen LogP contribution >= 0.6 is 0 Å². The molecule has 0 amide bonds. The fourth-order valence-corrected chi connectivity index (χ4v) is 1.87. The van der Waals surface area contributed by atoms with Crippen molar-refractivity contribution in [2.45, 2.75) is 13.3 Å². The number of rotatable bonds is 6. The van der Waals surface area contributed by atoms with E-state index in [-0.39, 0.29) is 18.3 Å². The lowest BCUT2D eigenvalue weighted by Gasteiger charge is -2.26. The van der Waals surface area contributed by atoms with Crippen LogP contribution in [0.4, 0.5) is 17.8 Å². The number of ether oxygens (including phenoxy) is 2. The summed E-state index contributed by atoms with van der Waals surface area (Å²) >= 11 is 0. The maximum atomic E-state index is 11.3. The first-order valence-corrected chi connectivity index (χ1v) is 6.92. The van der Waals surface area contributed by atoms with Gasteiger partial charge in [-0.05, 0) is 6.92 Å². The van der Waals surface area contributed by atoms with Crippen LogP contribution in [0.1, 0.15) is 13.3 Å². The molecule has 1 aromatic rings. The maximum absolute atomic E-state index is 11.3. The van der Waals surface area contributed by atoms with E-state index >= 15 is 0 Å². The lowest BCUT2D eigenvalue weighted by atomic mass is 10.4. The van der Waals surface area contributed by atoms with Crippen molar-refractivity contribution in [2.75, 3.05) is 55.4 Å². The highest BCUT2D eigenvalue weighted by Crippen LogP contribution is 2.13. The highest BCUT2D eigenvalue weighted by molar-refractivity contribution is 5.69. The lowest BCUT2D eigenvalue weighted by Crippen LogP contribution is -2.37. The van der Waals surface area contributed by atoms with Gasteiger partial charge >= 0.3 is 5.97 Å². The van der Waals surface area contributed by atoms with Gasteiger partial charge in [0.15, 0.2) is 0 Å². The molecular weight excluding hydrogens is 276 g/mol. The number of nitrogens with zero attached hydrogens (tertiary/aromatic N) is 4. The Kier molecular flexibility index (Phi) is 5.50. The zero-order valence-corrected chi connectivity index (χ0v) is 12.0. The van der Waals surface area contributed by atoms with Crippen LogP contribution in [0, 0.1) is 0 Å². The Morgan fingerprint density at radius 2 is 2.14 bits per heavy atom. The van der Waals surface area contributed by atoms with E-state index in [0.29, 0.717) is 51.4 Å². The minimum absolute atomic E-state index is 0.144. The topological polar surface area (TPSA) is 115 Å². The molecule has 0 radical (unpaired) electrons. The third kappa shape index (κ3) is 4.71. The van der Waals surface area contributed by atoms with Gasteiger partial charge in [-0.2, -0.15) is 15.0 Å². The van der Waals surface area contributed by atoms with Crippen molar-refractivity contribution in [2.24, 2.45) is 0 Å². The summed E-state index contributed by atoms with van der Waals surface area (Å²) in [4.78, 5) is 25.7. The second-order valence-corrected chi connectivity index (χ2v) is 4.40. The molecule has 0 aromatic carbocycles. The van der Waals surface area contributed by atoms with Crippen LogP contribution in [0.15, 0.2) is 0 Å². The fourth-order valence-electron chi connectivity index (χ4n) is 1.87. The molecule has 1 fully saturated rings. The van der Waals surface area contributed by atoms with Crippen molar-refractivity contribution in [1.29, 1.82) is 0 Å². The quantitative estimate of drug-likeness (QED) is 0.680. The molecule has 0 aliphatic carbocycles. The monoisotopic (exact) mass is 296 g/mol. The number of aromatic nitrogens is 3. The first kappa shape index (κ1) is 15.2. The molecule has 0 spiro atoms. The normalized spacial score (nSPS) is 14.8. The molecule has 1 aliphatic heterocycles. The number of hydrogen-bond donors (Lipinski definition) is 2. The number of nitrogen functional groups attached to an aromatic ring is 1. The summed E-state index contributed by atoms with van der Waals surface area (Å²) in [7, 11) is 0. The van der Waals surface area contributed by atoms with Gasteiger partial charge in [-0.15, -0.1) is 0 Å². The van der Waals surface area contributed by atoms with Crippen LogP contribution in [0.3, 0.4) is 0 Å². The summed E-state index contributed by atoms with van der Waals surface area (Å²) in [5, 5.41) is 2.95. The number of esters is 1. The van der Waals surface area contributed by atoms with E-state index in [4.69, 9.17) is 15.2 Å². The Hall–Kier alpha value is -2.16. The molecule has 2 heterocycles. The van der Waals surface area contributed by atoms with E-state index < -0.39 is 0 Å². The molecule has 1 aromatic heterocycles. The zero-order valence-electron chi connectivity index (χ0n) is 12.0. The maximum Gasteiger partial charge on any atom is 0.307 e. The molecule has 0 unspecified atom stereocenters. The molecule has 2 rings (SSSR count). The Morgan fingerprint density at radius 1 is 1.38 bits per heavy atom. The Labute approximate surface area is 122 Å². The highest BCUT2D eigenvalue weighted by atomic mass is 16.5. The number of carbonyl (C=O) groups excluding carboxylic acids is 1. The van der Waals surface area contributed by atoms with Crippen LogP contribution in [-0.2, 0) is 14.3 Å². The number of morpholine rings is 1. The van der Waals surface area contributed by atoms with Gasteiger partial charge in [0.25, 0.3) is 0 Å². The van der Waals surface area contributed by atoms with Gasteiger partial charge in [-0.3, -0.25) is 4.79 Å². The van der Waals surface area contributed by atoms with E-state index in [1.54, 1.807) is 6.92 Å². The average molecular weight is 296 g/mol. The molecule has 9 heteroatoms.